The number of aliphatic hydroxyl groups is 1. The predicted molar refractivity (Wildman–Crippen MR) is 137 cm³/mol. The first-order valence-electron chi connectivity index (χ1n) is 12.9. The molecule has 4 heterocycles. The van der Waals surface area contributed by atoms with Crippen molar-refractivity contribution in [3.05, 3.63) is 35.2 Å². The molecule has 3 aliphatic rings. The Morgan fingerprint density at radius 3 is 2.68 bits per heavy atom. The van der Waals surface area contributed by atoms with E-state index in [4.69, 9.17) is 13.9 Å². The first-order valence-corrected chi connectivity index (χ1v) is 12.9. The van der Waals surface area contributed by atoms with Crippen molar-refractivity contribution < 1.29 is 33.0 Å². The highest BCUT2D eigenvalue weighted by Crippen LogP contribution is 2.36. The highest BCUT2D eigenvalue weighted by Gasteiger charge is 2.36. The van der Waals surface area contributed by atoms with Gasteiger partial charge in [0.15, 0.2) is 5.69 Å². The smallest absolute Gasteiger partial charge is 0.298 e. The summed E-state index contributed by atoms with van der Waals surface area (Å²) in [5.41, 5.74) is 0.901. The summed E-state index contributed by atoms with van der Waals surface area (Å²) in [5.74, 6) is -0.748. The van der Waals surface area contributed by atoms with E-state index in [1.54, 1.807) is 12.1 Å². The van der Waals surface area contributed by atoms with Crippen LogP contribution in [-0.4, -0.2) is 97.2 Å². The first kappa shape index (κ1) is 26.4. The van der Waals surface area contributed by atoms with Crippen molar-refractivity contribution in [2.45, 2.75) is 45.1 Å². The third kappa shape index (κ3) is 5.33. The Kier molecular flexibility index (Phi) is 7.30. The van der Waals surface area contributed by atoms with Crippen LogP contribution in [0.4, 0.5) is 21.8 Å². The van der Waals surface area contributed by atoms with Crippen molar-refractivity contribution in [1.29, 1.82) is 0 Å². The van der Waals surface area contributed by atoms with E-state index in [2.05, 4.69) is 10.3 Å². The molecular weight excluding hydrogens is 497 g/mol. The highest BCUT2D eigenvalue weighted by molar-refractivity contribution is 6.07. The molecule has 2 fully saturated rings. The van der Waals surface area contributed by atoms with Crippen molar-refractivity contribution in [2.75, 3.05) is 67.7 Å². The van der Waals surface area contributed by atoms with Crippen LogP contribution in [0.5, 0.6) is 0 Å². The molecule has 0 radical (unpaired) electrons. The van der Waals surface area contributed by atoms with Crippen LogP contribution in [0.2, 0.25) is 0 Å². The SMILES string of the molecule is CC1COCCN1c1nc(C(=O)Nc2cc3c(cc2N2CCOCC2)C(=O)N(CC(F)C(C)(C)O)C3)co1. The predicted octanol–water partition coefficient (Wildman–Crippen LogP) is 2.05. The molecule has 1 aromatic carbocycles. The lowest BCUT2D eigenvalue weighted by Gasteiger charge is -2.31. The van der Waals surface area contributed by atoms with Gasteiger partial charge in [-0.3, -0.25) is 9.59 Å². The number of morpholine rings is 2. The number of aromatic nitrogens is 1. The minimum absolute atomic E-state index is 0.0729. The molecule has 5 rings (SSSR count). The Hall–Kier alpha value is -3.22. The Morgan fingerprint density at radius 1 is 1.24 bits per heavy atom. The van der Waals surface area contributed by atoms with Crippen molar-refractivity contribution in [3.8, 4) is 0 Å². The number of anilines is 3. The zero-order valence-electron chi connectivity index (χ0n) is 21.9. The van der Waals surface area contributed by atoms with Crippen LogP contribution in [0, 0.1) is 0 Å². The molecule has 2 N–H and O–H groups in total. The van der Waals surface area contributed by atoms with Gasteiger partial charge in [0.25, 0.3) is 17.8 Å². The Labute approximate surface area is 220 Å². The number of alkyl halides is 1. The van der Waals surface area contributed by atoms with Gasteiger partial charge in [0.1, 0.15) is 12.4 Å². The molecule has 38 heavy (non-hydrogen) atoms. The van der Waals surface area contributed by atoms with Crippen molar-refractivity contribution in [3.63, 3.8) is 0 Å². The van der Waals surface area contributed by atoms with E-state index in [1.807, 2.05) is 16.7 Å². The third-order valence-corrected chi connectivity index (χ3v) is 7.19. The molecule has 2 atom stereocenters. The Bertz CT molecular complexity index is 1190. The standard InChI is InChI=1S/C26H34FN5O6/c1-16-14-37-9-6-32(16)25-29-20(15-38-25)23(33)28-19-10-17-12-31(13-22(27)26(2,3)35)24(34)18(17)11-21(19)30-4-7-36-8-5-30/h10-11,15-16,22,35H,4-9,12-14H2,1-3H3,(H,28,33). The molecule has 206 valence electrons. The van der Waals surface area contributed by atoms with Gasteiger partial charge in [-0.15, -0.1) is 0 Å². The molecule has 3 aliphatic heterocycles. The van der Waals surface area contributed by atoms with E-state index in [0.29, 0.717) is 74.6 Å². The molecule has 0 bridgehead atoms. The van der Waals surface area contributed by atoms with Gasteiger partial charge in [-0.1, -0.05) is 0 Å². The quantitative estimate of drug-likeness (QED) is 0.553. The van der Waals surface area contributed by atoms with E-state index in [-0.39, 0.29) is 30.7 Å². The average molecular weight is 532 g/mol. The van der Waals surface area contributed by atoms with E-state index < -0.39 is 17.7 Å². The number of hydrogen-bond donors (Lipinski definition) is 2. The fourth-order valence-electron chi connectivity index (χ4n) is 4.84. The fraction of sp³-hybridized carbons (Fsp3) is 0.577. The second-order valence-corrected chi connectivity index (χ2v) is 10.5. The van der Waals surface area contributed by atoms with Crippen molar-refractivity contribution in [1.82, 2.24) is 9.88 Å². The molecule has 0 saturated carbocycles. The fourth-order valence-corrected chi connectivity index (χ4v) is 4.84. The molecule has 12 heteroatoms. The lowest BCUT2D eigenvalue weighted by atomic mass is 10.0. The summed E-state index contributed by atoms with van der Waals surface area (Å²) in [5, 5.41) is 13.0. The Balaban J connectivity index is 1.40. The number of rotatable bonds is 7. The van der Waals surface area contributed by atoms with E-state index in [9.17, 15) is 19.1 Å². The van der Waals surface area contributed by atoms with Gasteiger partial charge in [0.2, 0.25) is 0 Å². The topological polar surface area (TPSA) is 121 Å². The number of carbonyl (C=O) groups excluding carboxylic acids is 2. The minimum atomic E-state index is -1.60. The van der Waals surface area contributed by atoms with Crippen molar-refractivity contribution >= 4 is 29.2 Å². The second kappa shape index (κ2) is 10.5. The molecule has 0 spiro atoms. The largest absolute Gasteiger partial charge is 0.431 e. The minimum Gasteiger partial charge on any atom is -0.431 e. The maximum atomic E-state index is 14.6. The molecule has 0 aliphatic carbocycles. The molecule has 2 amide bonds. The summed E-state index contributed by atoms with van der Waals surface area (Å²) < 4.78 is 31.1. The number of hydrogen-bond acceptors (Lipinski definition) is 9. The number of halogens is 1. The molecule has 2 aromatic rings. The summed E-state index contributed by atoms with van der Waals surface area (Å²) in [6.45, 7) is 8.65. The second-order valence-electron chi connectivity index (χ2n) is 10.5. The first-order chi connectivity index (χ1) is 18.1. The van der Waals surface area contributed by atoms with Gasteiger partial charge in [-0.05, 0) is 38.5 Å². The van der Waals surface area contributed by atoms with E-state index in [0.717, 1.165) is 0 Å². The molecular formula is C26H34FN5O6. The van der Waals surface area contributed by atoms with Gasteiger partial charge in [0.05, 0.1) is 56.0 Å². The molecule has 2 saturated heterocycles. The molecule has 2 unspecified atom stereocenters. The number of oxazole rings is 1. The maximum Gasteiger partial charge on any atom is 0.298 e. The summed E-state index contributed by atoms with van der Waals surface area (Å²) in [6.07, 6.45) is -0.271. The van der Waals surface area contributed by atoms with Gasteiger partial charge >= 0.3 is 0 Å². The van der Waals surface area contributed by atoms with Gasteiger partial charge in [-0.25, -0.2) is 4.39 Å². The van der Waals surface area contributed by atoms with Gasteiger partial charge < -0.3 is 39.0 Å². The third-order valence-electron chi connectivity index (χ3n) is 7.19. The average Bonchev–Trinajstić information content (AvgIpc) is 3.49. The summed E-state index contributed by atoms with van der Waals surface area (Å²) >= 11 is 0. The van der Waals surface area contributed by atoms with Gasteiger partial charge in [-0.2, -0.15) is 4.98 Å². The summed E-state index contributed by atoms with van der Waals surface area (Å²) in [4.78, 5) is 36.2. The molecule has 1 aromatic heterocycles. The van der Waals surface area contributed by atoms with Crippen LogP contribution >= 0.6 is 0 Å². The summed E-state index contributed by atoms with van der Waals surface area (Å²) in [6, 6.07) is 3.95. The summed E-state index contributed by atoms with van der Waals surface area (Å²) in [7, 11) is 0. The normalized spacial score (nSPS) is 21.0. The maximum absolute atomic E-state index is 14.6. The highest BCUT2D eigenvalue weighted by atomic mass is 19.1. The zero-order chi connectivity index (χ0) is 27.0. The lowest BCUT2D eigenvalue weighted by Crippen LogP contribution is -2.43. The van der Waals surface area contributed by atoms with Crippen LogP contribution < -0.4 is 15.1 Å². The van der Waals surface area contributed by atoms with Crippen LogP contribution in [0.15, 0.2) is 22.8 Å². The van der Waals surface area contributed by atoms with E-state index in [1.165, 1.54) is 25.0 Å². The van der Waals surface area contributed by atoms with Crippen molar-refractivity contribution in [2.24, 2.45) is 0 Å². The monoisotopic (exact) mass is 531 g/mol. The number of nitrogens with zero attached hydrogens (tertiary/aromatic N) is 4. The number of amides is 2. The van der Waals surface area contributed by atoms with Crippen LogP contribution in [0.25, 0.3) is 0 Å². The number of ether oxygens (including phenoxy) is 2. The van der Waals surface area contributed by atoms with Crippen LogP contribution in [0.1, 0.15) is 47.2 Å². The Morgan fingerprint density at radius 2 is 1.97 bits per heavy atom. The number of benzene rings is 1. The van der Waals surface area contributed by atoms with Crippen LogP contribution in [0.3, 0.4) is 0 Å². The van der Waals surface area contributed by atoms with Gasteiger partial charge in [0, 0.05) is 31.7 Å². The van der Waals surface area contributed by atoms with E-state index >= 15 is 0 Å². The molecule has 11 nitrogen and oxygen atoms in total. The zero-order valence-corrected chi connectivity index (χ0v) is 21.9. The number of carbonyl (C=O) groups is 2. The number of fused-ring (bicyclic) bond motifs is 1. The number of nitrogens with one attached hydrogen (secondary N) is 1. The lowest BCUT2D eigenvalue weighted by molar-refractivity contribution is -0.0159. The van der Waals surface area contributed by atoms with Crippen LogP contribution in [-0.2, 0) is 16.0 Å².